The van der Waals surface area contributed by atoms with Crippen LogP contribution in [0.5, 0.6) is 11.5 Å². The van der Waals surface area contributed by atoms with Gasteiger partial charge >= 0.3 is 0 Å². The Labute approximate surface area is 189 Å². The van der Waals surface area contributed by atoms with E-state index in [1.54, 1.807) is 0 Å². The molecule has 1 saturated carbocycles. The molecule has 2 N–H and O–H groups in total. The molecule has 4 nitrogen and oxygen atoms in total. The van der Waals surface area contributed by atoms with Crippen LogP contribution in [-0.4, -0.2) is 11.9 Å². The summed E-state index contributed by atoms with van der Waals surface area (Å²) >= 11 is 3.48. The highest BCUT2D eigenvalue weighted by Gasteiger charge is 2.30. The number of allylic oxidation sites excluding steroid dienone is 3. The lowest BCUT2D eigenvalue weighted by Crippen LogP contribution is -2.09. The maximum absolute atomic E-state index is 11.3. The van der Waals surface area contributed by atoms with Gasteiger partial charge in [0.1, 0.15) is 5.76 Å². The van der Waals surface area contributed by atoms with Crippen LogP contribution in [-0.2, 0) is 6.42 Å². The fourth-order valence-electron chi connectivity index (χ4n) is 4.29. The molecule has 0 atom stereocenters. The molecular formula is C26H20BrNO3. The third-order valence-corrected chi connectivity index (χ3v) is 6.51. The average molecular weight is 474 g/mol. The van der Waals surface area contributed by atoms with Gasteiger partial charge in [0.2, 0.25) is 6.79 Å². The molecule has 0 unspecified atom stereocenters. The average Bonchev–Trinajstić information content (AvgIpc) is 3.50. The second-order valence-electron chi connectivity index (χ2n) is 8.05. The van der Waals surface area contributed by atoms with Gasteiger partial charge in [-0.2, -0.15) is 0 Å². The van der Waals surface area contributed by atoms with Crippen molar-refractivity contribution >= 4 is 38.5 Å². The van der Waals surface area contributed by atoms with Gasteiger partial charge in [-0.05, 0) is 78.1 Å². The highest BCUT2D eigenvalue weighted by molar-refractivity contribution is 9.10. The number of nitrogens with one attached hydrogen (secondary N) is 1. The number of aliphatic hydroxyl groups is 1. The molecule has 0 radical (unpaired) electrons. The normalized spacial score (nSPS) is 16.4. The smallest absolute Gasteiger partial charge is 0.231 e. The van der Waals surface area contributed by atoms with Crippen molar-refractivity contribution in [2.45, 2.75) is 19.3 Å². The Balaban J connectivity index is 1.39. The summed E-state index contributed by atoms with van der Waals surface area (Å²) < 4.78 is 12.0. The predicted octanol–water partition coefficient (Wildman–Crippen LogP) is 6.99. The number of halogens is 1. The predicted molar refractivity (Wildman–Crippen MR) is 126 cm³/mol. The van der Waals surface area contributed by atoms with Gasteiger partial charge in [-0.1, -0.05) is 33.6 Å². The molecule has 0 aromatic heterocycles. The molecule has 0 amide bonds. The van der Waals surface area contributed by atoms with E-state index in [0.717, 1.165) is 62.5 Å². The molecule has 3 aliphatic rings. The molecular weight excluding hydrogens is 454 g/mol. The molecule has 5 heteroatoms. The van der Waals surface area contributed by atoms with E-state index in [1.165, 1.54) is 11.1 Å². The topological polar surface area (TPSA) is 50.7 Å². The van der Waals surface area contributed by atoms with Gasteiger partial charge in [0.15, 0.2) is 11.5 Å². The number of benzene rings is 3. The minimum absolute atomic E-state index is 0.246. The van der Waals surface area contributed by atoms with Gasteiger partial charge < -0.3 is 19.9 Å². The number of hydrogen-bond acceptors (Lipinski definition) is 4. The van der Waals surface area contributed by atoms with E-state index in [4.69, 9.17) is 9.47 Å². The van der Waals surface area contributed by atoms with E-state index in [0.29, 0.717) is 12.2 Å². The molecule has 3 aromatic carbocycles. The number of aliphatic hydroxyl groups excluding tert-OH is 1. The van der Waals surface area contributed by atoms with Gasteiger partial charge in [0.05, 0.1) is 0 Å². The van der Waals surface area contributed by atoms with Gasteiger partial charge in [-0.25, -0.2) is 0 Å². The van der Waals surface area contributed by atoms with Crippen LogP contribution in [0.4, 0.5) is 11.4 Å². The Kier molecular flexibility index (Phi) is 4.32. The van der Waals surface area contributed by atoms with Crippen LogP contribution < -0.4 is 14.8 Å². The molecule has 31 heavy (non-hydrogen) atoms. The first kappa shape index (κ1) is 18.6. The molecule has 6 rings (SSSR count). The fraction of sp³-hybridized carbons (Fsp3) is 0.154. The van der Waals surface area contributed by atoms with E-state index in [1.807, 2.05) is 42.5 Å². The monoisotopic (exact) mass is 473 g/mol. The number of fused-ring (bicyclic) bond motifs is 2. The van der Waals surface area contributed by atoms with E-state index >= 15 is 0 Å². The Morgan fingerprint density at radius 1 is 0.839 bits per heavy atom. The van der Waals surface area contributed by atoms with Gasteiger partial charge in [0.25, 0.3) is 0 Å². The molecule has 1 aliphatic heterocycles. The second-order valence-corrected chi connectivity index (χ2v) is 8.97. The Bertz CT molecular complexity index is 1270. The molecule has 0 spiro atoms. The maximum atomic E-state index is 11.3. The third kappa shape index (κ3) is 3.39. The fourth-order valence-corrected chi connectivity index (χ4v) is 4.55. The molecule has 3 aromatic rings. The lowest BCUT2D eigenvalue weighted by Gasteiger charge is -2.24. The lowest BCUT2D eigenvalue weighted by atomic mass is 9.83. The van der Waals surface area contributed by atoms with Crippen molar-refractivity contribution in [2.24, 2.45) is 0 Å². The van der Waals surface area contributed by atoms with Crippen LogP contribution in [0.25, 0.3) is 11.1 Å². The summed E-state index contributed by atoms with van der Waals surface area (Å²) in [5, 5.41) is 14.8. The zero-order valence-electron chi connectivity index (χ0n) is 16.7. The van der Waals surface area contributed by atoms with Gasteiger partial charge in [-0.15, -0.1) is 0 Å². The summed E-state index contributed by atoms with van der Waals surface area (Å²) in [6.45, 7) is 0.246. The van der Waals surface area contributed by atoms with Crippen molar-refractivity contribution in [3.8, 4) is 11.5 Å². The summed E-state index contributed by atoms with van der Waals surface area (Å²) in [6.07, 6.45) is 2.76. The summed E-state index contributed by atoms with van der Waals surface area (Å²) in [7, 11) is 0. The summed E-state index contributed by atoms with van der Waals surface area (Å²) in [6, 6.07) is 20.4. The maximum Gasteiger partial charge on any atom is 0.231 e. The van der Waals surface area contributed by atoms with Crippen LogP contribution >= 0.6 is 15.9 Å². The molecule has 0 bridgehead atoms. The molecule has 2 aliphatic carbocycles. The highest BCUT2D eigenvalue weighted by Crippen LogP contribution is 2.48. The lowest BCUT2D eigenvalue weighted by molar-refractivity contribution is 0.174. The minimum atomic E-state index is 0.246. The van der Waals surface area contributed by atoms with Crippen molar-refractivity contribution in [1.82, 2.24) is 0 Å². The molecule has 154 valence electrons. The standard InChI is InChI=1S/C26H20BrNO3/c27-18-5-8-19(9-6-18)28-20-7-3-16-11-22(17-4-10-23-24(12-17)31-14-30-23)26(29)25(15-1-2-15)21(16)13-20/h3-10,12-13,28-29H,1-2,11,14H2. The summed E-state index contributed by atoms with van der Waals surface area (Å²) in [5.74, 6) is 1.88. The van der Waals surface area contributed by atoms with E-state index in [2.05, 4.69) is 39.4 Å². The van der Waals surface area contributed by atoms with Crippen molar-refractivity contribution in [2.75, 3.05) is 12.1 Å². The molecule has 1 fully saturated rings. The van der Waals surface area contributed by atoms with Crippen molar-refractivity contribution in [1.29, 1.82) is 0 Å². The zero-order chi connectivity index (χ0) is 20.9. The summed E-state index contributed by atoms with van der Waals surface area (Å²) in [5.41, 5.74) is 8.61. The van der Waals surface area contributed by atoms with Gasteiger partial charge in [0, 0.05) is 33.4 Å². The largest absolute Gasteiger partial charge is 0.507 e. The Morgan fingerprint density at radius 2 is 1.61 bits per heavy atom. The number of rotatable bonds is 3. The second kappa shape index (κ2) is 7.20. The van der Waals surface area contributed by atoms with Crippen LogP contribution in [0.2, 0.25) is 0 Å². The third-order valence-electron chi connectivity index (χ3n) is 5.98. The van der Waals surface area contributed by atoms with Crippen molar-refractivity contribution < 1.29 is 14.6 Å². The van der Waals surface area contributed by atoms with Crippen molar-refractivity contribution in [3.05, 3.63) is 93.2 Å². The zero-order valence-corrected chi connectivity index (χ0v) is 18.3. The Hall–Kier alpha value is -3.18. The molecule has 1 heterocycles. The number of ether oxygens (including phenoxy) is 2. The van der Waals surface area contributed by atoms with Crippen LogP contribution in [0.3, 0.4) is 0 Å². The van der Waals surface area contributed by atoms with Crippen LogP contribution in [0.15, 0.2) is 76.5 Å². The summed E-state index contributed by atoms with van der Waals surface area (Å²) in [4.78, 5) is 0. The number of hydrogen-bond donors (Lipinski definition) is 2. The quantitative estimate of drug-likeness (QED) is 0.430. The molecule has 0 saturated heterocycles. The first-order valence-electron chi connectivity index (χ1n) is 10.4. The SMILES string of the molecule is OC1=C(c2ccc3c(c2)OCO3)Cc2ccc(Nc3ccc(Br)cc3)cc2C1=C1CC1. The van der Waals surface area contributed by atoms with Gasteiger partial charge in [-0.3, -0.25) is 0 Å². The highest BCUT2D eigenvalue weighted by atomic mass is 79.9. The van der Waals surface area contributed by atoms with Crippen molar-refractivity contribution in [3.63, 3.8) is 0 Å². The first-order chi connectivity index (χ1) is 15.2. The number of anilines is 2. The van der Waals surface area contributed by atoms with E-state index < -0.39 is 0 Å². The van der Waals surface area contributed by atoms with Crippen LogP contribution in [0, 0.1) is 0 Å². The minimum Gasteiger partial charge on any atom is -0.507 e. The Morgan fingerprint density at radius 3 is 2.42 bits per heavy atom. The van der Waals surface area contributed by atoms with E-state index in [9.17, 15) is 5.11 Å². The van der Waals surface area contributed by atoms with Crippen LogP contribution in [0.1, 0.15) is 29.5 Å². The first-order valence-corrected chi connectivity index (χ1v) is 11.2. The van der Waals surface area contributed by atoms with E-state index in [-0.39, 0.29) is 6.79 Å².